The molecule has 2 N–H and O–H groups in total. The predicted molar refractivity (Wildman–Crippen MR) is 79.2 cm³/mol. The van der Waals surface area contributed by atoms with E-state index in [4.69, 9.17) is 0 Å². The van der Waals surface area contributed by atoms with E-state index in [1.165, 1.54) is 0 Å². The molecule has 1 atom stereocenters. The molecule has 1 heterocycles. The number of ketones is 1. The van der Waals surface area contributed by atoms with Gasteiger partial charge in [-0.2, -0.15) is 0 Å². The van der Waals surface area contributed by atoms with Crippen LogP contribution in [0.25, 0.3) is 0 Å². The molecule has 1 aliphatic heterocycles. The zero-order chi connectivity index (χ0) is 15.2. The van der Waals surface area contributed by atoms with Crippen molar-refractivity contribution in [3.05, 3.63) is 64.7 Å². The number of anilines is 1. The van der Waals surface area contributed by atoms with E-state index in [1.807, 2.05) is 13.0 Å². The summed E-state index contributed by atoms with van der Waals surface area (Å²) >= 11 is 0. The van der Waals surface area contributed by atoms with Gasteiger partial charge in [0, 0.05) is 11.1 Å². The molecule has 1 aliphatic rings. The minimum Gasteiger partial charge on any atom is -0.369 e. The van der Waals surface area contributed by atoms with Crippen molar-refractivity contribution in [2.45, 2.75) is 19.4 Å². The number of benzene rings is 2. The highest BCUT2D eigenvalue weighted by molar-refractivity contribution is 6.26. The average Bonchev–Trinajstić information content (AvgIpc) is 2.45. The molecule has 3 rings (SSSR count). The minimum atomic E-state index is -2.17. The van der Waals surface area contributed by atoms with Crippen molar-refractivity contribution in [2.75, 3.05) is 5.32 Å². The molecule has 4 heteroatoms. The number of Topliss-reactive ketones (excluding diaryl/α,β-unsaturated/α-hetero) is 1. The lowest BCUT2D eigenvalue weighted by Crippen LogP contribution is -2.50. The zero-order valence-corrected chi connectivity index (χ0v) is 11.8. The molecule has 2 aromatic carbocycles. The monoisotopic (exact) mass is 281 g/mol. The Kier molecular flexibility index (Phi) is 2.92. The normalized spacial score (nSPS) is 20.9. The summed E-state index contributed by atoms with van der Waals surface area (Å²) in [4.78, 5) is 25.1. The second kappa shape index (κ2) is 4.53. The SMILES string of the molecule is Cc1cc(C)c2c(c1)NC(=O)C(O)(c1ccccc1)C2=O. The van der Waals surface area contributed by atoms with Crippen LogP contribution in [-0.4, -0.2) is 16.8 Å². The first-order valence-electron chi connectivity index (χ1n) is 6.70. The largest absolute Gasteiger partial charge is 0.369 e. The van der Waals surface area contributed by atoms with Gasteiger partial charge in [-0.05, 0) is 31.0 Å². The molecular formula is C17H15NO3. The molecule has 0 bridgehead atoms. The highest BCUT2D eigenvalue weighted by atomic mass is 16.3. The standard InChI is InChI=1S/C17H15NO3/c1-10-8-11(2)14-13(9-10)18-16(20)17(21,15(14)19)12-6-4-3-5-7-12/h3-9,21H,1-2H3,(H,18,20). The fourth-order valence-corrected chi connectivity index (χ4v) is 2.81. The second-order valence-electron chi connectivity index (χ2n) is 5.36. The molecular weight excluding hydrogens is 266 g/mol. The van der Waals surface area contributed by atoms with E-state index in [9.17, 15) is 14.7 Å². The van der Waals surface area contributed by atoms with Gasteiger partial charge >= 0.3 is 0 Å². The van der Waals surface area contributed by atoms with Crippen LogP contribution in [0.2, 0.25) is 0 Å². The summed E-state index contributed by atoms with van der Waals surface area (Å²) in [5, 5.41) is 13.4. The van der Waals surface area contributed by atoms with E-state index in [0.29, 0.717) is 11.3 Å². The molecule has 4 nitrogen and oxygen atoms in total. The number of aryl methyl sites for hydroxylation is 2. The van der Waals surface area contributed by atoms with Crippen LogP contribution >= 0.6 is 0 Å². The zero-order valence-electron chi connectivity index (χ0n) is 11.8. The van der Waals surface area contributed by atoms with E-state index >= 15 is 0 Å². The number of fused-ring (bicyclic) bond motifs is 1. The van der Waals surface area contributed by atoms with E-state index in [1.54, 1.807) is 43.3 Å². The number of aliphatic hydroxyl groups is 1. The first kappa shape index (κ1) is 13.5. The third-order valence-electron chi connectivity index (χ3n) is 3.80. The van der Waals surface area contributed by atoms with Gasteiger partial charge in [-0.1, -0.05) is 36.4 Å². The van der Waals surface area contributed by atoms with Crippen molar-refractivity contribution >= 4 is 17.4 Å². The lowest BCUT2D eigenvalue weighted by Gasteiger charge is -2.32. The Labute approximate surface area is 122 Å². The van der Waals surface area contributed by atoms with Gasteiger partial charge in [0.05, 0.1) is 5.69 Å². The van der Waals surface area contributed by atoms with Crippen LogP contribution in [-0.2, 0) is 10.4 Å². The number of rotatable bonds is 1. The van der Waals surface area contributed by atoms with Crippen LogP contribution in [0, 0.1) is 13.8 Å². The molecule has 0 saturated heterocycles. The summed E-state index contributed by atoms with van der Waals surface area (Å²) in [7, 11) is 0. The number of carbonyl (C=O) groups excluding carboxylic acids is 2. The van der Waals surface area contributed by atoms with Crippen LogP contribution in [0.4, 0.5) is 5.69 Å². The Morgan fingerprint density at radius 3 is 2.38 bits per heavy atom. The van der Waals surface area contributed by atoms with Crippen molar-refractivity contribution in [1.29, 1.82) is 0 Å². The number of hydrogen-bond acceptors (Lipinski definition) is 3. The molecule has 0 saturated carbocycles. The molecule has 1 unspecified atom stereocenters. The molecule has 2 aromatic rings. The fourth-order valence-electron chi connectivity index (χ4n) is 2.81. The topological polar surface area (TPSA) is 66.4 Å². The summed E-state index contributed by atoms with van der Waals surface area (Å²) in [6.45, 7) is 3.69. The summed E-state index contributed by atoms with van der Waals surface area (Å²) in [5.41, 5.74) is 0.621. The van der Waals surface area contributed by atoms with Gasteiger partial charge in [0.25, 0.3) is 5.91 Å². The third-order valence-corrected chi connectivity index (χ3v) is 3.80. The van der Waals surface area contributed by atoms with E-state index in [2.05, 4.69) is 5.32 Å². The van der Waals surface area contributed by atoms with Crippen molar-refractivity contribution in [1.82, 2.24) is 0 Å². The smallest absolute Gasteiger partial charge is 0.269 e. The Balaban J connectivity index is 2.23. The molecule has 21 heavy (non-hydrogen) atoms. The lowest BCUT2D eigenvalue weighted by molar-refractivity contribution is -0.130. The van der Waals surface area contributed by atoms with Crippen LogP contribution < -0.4 is 5.32 Å². The second-order valence-corrected chi connectivity index (χ2v) is 5.36. The van der Waals surface area contributed by atoms with Crippen molar-refractivity contribution < 1.29 is 14.7 Å². The molecule has 0 spiro atoms. The van der Waals surface area contributed by atoms with E-state index in [-0.39, 0.29) is 5.56 Å². The average molecular weight is 281 g/mol. The van der Waals surface area contributed by atoms with Crippen molar-refractivity contribution in [3.63, 3.8) is 0 Å². The Morgan fingerprint density at radius 2 is 1.71 bits per heavy atom. The van der Waals surface area contributed by atoms with Gasteiger partial charge in [-0.3, -0.25) is 9.59 Å². The highest BCUT2D eigenvalue weighted by Gasteiger charge is 2.50. The highest BCUT2D eigenvalue weighted by Crippen LogP contribution is 2.36. The minimum absolute atomic E-state index is 0.276. The molecule has 0 aliphatic carbocycles. The van der Waals surface area contributed by atoms with Crippen LogP contribution in [0.15, 0.2) is 42.5 Å². The van der Waals surface area contributed by atoms with Gasteiger partial charge in [0.1, 0.15) is 0 Å². The lowest BCUT2D eigenvalue weighted by atomic mass is 9.80. The van der Waals surface area contributed by atoms with Gasteiger partial charge < -0.3 is 10.4 Å². The maximum atomic E-state index is 12.8. The van der Waals surface area contributed by atoms with E-state index in [0.717, 1.165) is 11.1 Å². The number of hydrogen-bond donors (Lipinski definition) is 2. The Hall–Kier alpha value is -2.46. The van der Waals surface area contributed by atoms with Gasteiger partial charge in [-0.15, -0.1) is 0 Å². The maximum absolute atomic E-state index is 12.8. The first-order chi connectivity index (χ1) is 9.94. The molecule has 0 aromatic heterocycles. The van der Waals surface area contributed by atoms with Crippen molar-refractivity contribution in [3.8, 4) is 0 Å². The molecule has 106 valence electrons. The van der Waals surface area contributed by atoms with Crippen LogP contribution in [0.3, 0.4) is 0 Å². The molecule has 1 amide bonds. The Bertz CT molecular complexity index is 752. The predicted octanol–water partition coefficient (Wildman–Crippen LogP) is 2.33. The van der Waals surface area contributed by atoms with Crippen LogP contribution in [0.5, 0.6) is 0 Å². The number of nitrogens with one attached hydrogen (secondary N) is 1. The Morgan fingerprint density at radius 1 is 1.05 bits per heavy atom. The van der Waals surface area contributed by atoms with Gasteiger partial charge in [0.2, 0.25) is 11.4 Å². The summed E-state index contributed by atoms with van der Waals surface area (Å²) in [6.07, 6.45) is 0. The third kappa shape index (κ3) is 1.87. The number of amides is 1. The van der Waals surface area contributed by atoms with E-state index < -0.39 is 17.3 Å². The van der Waals surface area contributed by atoms with Crippen LogP contribution in [0.1, 0.15) is 27.0 Å². The fraction of sp³-hybridized carbons (Fsp3) is 0.176. The summed E-state index contributed by atoms with van der Waals surface area (Å²) in [5.74, 6) is -1.29. The molecule has 0 fully saturated rings. The first-order valence-corrected chi connectivity index (χ1v) is 6.70. The van der Waals surface area contributed by atoms with Crippen molar-refractivity contribution in [2.24, 2.45) is 0 Å². The maximum Gasteiger partial charge on any atom is 0.269 e. The number of carbonyl (C=O) groups is 2. The van der Waals surface area contributed by atoms with Gasteiger partial charge in [-0.25, -0.2) is 0 Å². The summed E-state index contributed by atoms with van der Waals surface area (Å²) < 4.78 is 0. The van der Waals surface area contributed by atoms with Gasteiger partial charge in [0.15, 0.2) is 0 Å². The molecule has 0 radical (unpaired) electrons. The quantitative estimate of drug-likeness (QED) is 0.788. The summed E-state index contributed by atoms with van der Waals surface area (Å²) in [6, 6.07) is 11.9.